The number of nitrogens with zero attached hydrogens (tertiary/aromatic N) is 5. The van der Waals surface area contributed by atoms with E-state index in [1.807, 2.05) is 44.2 Å². The standard InChI is InChI=1S/C17H18N6OS/c1-12-9-13(2)21-17(20-12)25-15-5-3-14(4-6-15)22-16(24)7-8-23-11-18-10-19-23/h3-6,9-11H,7-8H2,1-2H3,(H,22,24). The summed E-state index contributed by atoms with van der Waals surface area (Å²) in [7, 11) is 0. The van der Waals surface area contributed by atoms with Gasteiger partial charge >= 0.3 is 0 Å². The van der Waals surface area contributed by atoms with E-state index in [1.165, 1.54) is 18.1 Å². The third kappa shape index (κ3) is 5.12. The van der Waals surface area contributed by atoms with E-state index < -0.39 is 0 Å². The molecule has 0 aliphatic carbocycles. The third-order valence-electron chi connectivity index (χ3n) is 3.34. The van der Waals surface area contributed by atoms with E-state index >= 15 is 0 Å². The van der Waals surface area contributed by atoms with Crippen molar-refractivity contribution in [3.8, 4) is 0 Å². The Morgan fingerprint density at radius 2 is 1.88 bits per heavy atom. The number of hydrogen-bond acceptors (Lipinski definition) is 6. The topological polar surface area (TPSA) is 85.6 Å². The van der Waals surface area contributed by atoms with E-state index in [4.69, 9.17) is 0 Å². The summed E-state index contributed by atoms with van der Waals surface area (Å²) in [4.78, 5) is 25.7. The maximum absolute atomic E-state index is 12.0. The Balaban J connectivity index is 1.55. The number of benzene rings is 1. The molecule has 3 aromatic rings. The first-order chi connectivity index (χ1) is 12.1. The lowest BCUT2D eigenvalue weighted by molar-refractivity contribution is -0.116. The molecule has 0 bridgehead atoms. The van der Waals surface area contributed by atoms with Crippen LogP contribution in [-0.2, 0) is 11.3 Å². The molecule has 0 fully saturated rings. The van der Waals surface area contributed by atoms with Gasteiger partial charge in [-0.3, -0.25) is 9.48 Å². The Morgan fingerprint density at radius 3 is 2.52 bits per heavy atom. The van der Waals surface area contributed by atoms with Crippen LogP contribution >= 0.6 is 11.8 Å². The Bertz CT molecular complexity index is 828. The summed E-state index contributed by atoms with van der Waals surface area (Å²) < 4.78 is 1.63. The zero-order valence-corrected chi connectivity index (χ0v) is 14.8. The second-order valence-corrected chi connectivity index (χ2v) is 6.56. The minimum Gasteiger partial charge on any atom is -0.326 e. The quantitative estimate of drug-likeness (QED) is 0.685. The van der Waals surface area contributed by atoms with Crippen LogP contribution in [0.4, 0.5) is 5.69 Å². The molecule has 8 heteroatoms. The van der Waals surface area contributed by atoms with Crippen LogP contribution in [0.3, 0.4) is 0 Å². The van der Waals surface area contributed by atoms with E-state index in [2.05, 4.69) is 25.4 Å². The van der Waals surface area contributed by atoms with Crippen molar-refractivity contribution in [1.82, 2.24) is 24.7 Å². The lowest BCUT2D eigenvalue weighted by Gasteiger charge is -2.07. The molecule has 1 aromatic carbocycles. The molecule has 128 valence electrons. The molecule has 0 saturated heterocycles. The molecule has 0 atom stereocenters. The third-order valence-corrected chi connectivity index (χ3v) is 4.22. The van der Waals surface area contributed by atoms with Crippen molar-refractivity contribution in [1.29, 1.82) is 0 Å². The molecule has 0 spiro atoms. The number of hydrogen-bond donors (Lipinski definition) is 1. The number of carbonyl (C=O) groups excluding carboxylic acids is 1. The zero-order valence-electron chi connectivity index (χ0n) is 14.0. The van der Waals surface area contributed by atoms with Crippen LogP contribution in [0, 0.1) is 13.8 Å². The second-order valence-electron chi connectivity index (χ2n) is 5.52. The van der Waals surface area contributed by atoms with Gasteiger partial charge in [0.2, 0.25) is 5.91 Å². The van der Waals surface area contributed by atoms with Gasteiger partial charge in [-0.05, 0) is 55.9 Å². The summed E-state index contributed by atoms with van der Waals surface area (Å²) in [6.07, 6.45) is 3.39. The van der Waals surface area contributed by atoms with Crippen LogP contribution in [-0.4, -0.2) is 30.6 Å². The molecule has 0 unspecified atom stereocenters. The summed E-state index contributed by atoms with van der Waals surface area (Å²) in [5, 5.41) is 7.57. The predicted molar refractivity (Wildman–Crippen MR) is 95.3 cm³/mol. The monoisotopic (exact) mass is 354 g/mol. The first-order valence-electron chi connectivity index (χ1n) is 7.81. The molecule has 7 nitrogen and oxygen atoms in total. The summed E-state index contributed by atoms with van der Waals surface area (Å²) in [6, 6.07) is 9.58. The van der Waals surface area contributed by atoms with Gasteiger partial charge in [0.25, 0.3) is 0 Å². The van der Waals surface area contributed by atoms with Crippen LogP contribution in [0.5, 0.6) is 0 Å². The Labute approximate surface area is 149 Å². The van der Waals surface area contributed by atoms with Crippen LogP contribution in [0.2, 0.25) is 0 Å². The van der Waals surface area contributed by atoms with Crippen molar-refractivity contribution < 1.29 is 4.79 Å². The fourth-order valence-corrected chi connectivity index (χ4v) is 3.10. The lowest BCUT2D eigenvalue weighted by Crippen LogP contribution is -2.14. The average Bonchev–Trinajstić information content (AvgIpc) is 3.07. The first kappa shape index (κ1) is 17.1. The van der Waals surface area contributed by atoms with Crippen molar-refractivity contribution in [2.75, 3.05) is 5.32 Å². The van der Waals surface area contributed by atoms with Gasteiger partial charge in [0.1, 0.15) is 12.7 Å². The molecule has 25 heavy (non-hydrogen) atoms. The van der Waals surface area contributed by atoms with Gasteiger partial charge in [-0.2, -0.15) is 5.10 Å². The van der Waals surface area contributed by atoms with E-state index in [0.717, 1.165) is 27.1 Å². The van der Waals surface area contributed by atoms with Gasteiger partial charge in [-0.15, -0.1) is 0 Å². The van der Waals surface area contributed by atoms with Gasteiger partial charge in [0.05, 0.1) is 6.54 Å². The highest BCUT2D eigenvalue weighted by molar-refractivity contribution is 7.99. The lowest BCUT2D eigenvalue weighted by atomic mass is 10.3. The normalized spacial score (nSPS) is 10.6. The minimum absolute atomic E-state index is 0.0615. The molecule has 0 saturated carbocycles. The van der Waals surface area contributed by atoms with Crippen molar-refractivity contribution in [3.05, 3.63) is 54.4 Å². The predicted octanol–water partition coefficient (Wildman–Crippen LogP) is 2.86. The van der Waals surface area contributed by atoms with E-state index in [9.17, 15) is 4.79 Å². The summed E-state index contributed by atoms with van der Waals surface area (Å²) >= 11 is 1.50. The van der Waals surface area contributed by atoms with Gasteiger partial charge in [0.15, 0.2) is 5.16 Å². The highest BCUT2D eigenvalue weighted by Gasteiger charge is 2.05. The number of aromatic nitrogens is 5. The van der Waals surface area contributed by atoms with E-state index in [0.29, 0.717) is 13.0 Å². The van der Waals surface area contributed by atoms with Crippen LogP contribution < -0.4 is 5.32 Å². The molecule has 3 rings (SSSR count). The van der Waals surface area contributed by atoms with Crippen molar-refractivity contribution >= 4 is 23.4 Å². The number of rotatable bonds is 6. The summed E-state index contributed by atoms with van der Waals surface area (Å²) in [6.45, 7) is 4.41. The largest absolute Gasteiger partial charge is 0.326 e. The Morgan fingerprint density at radius 1 is 1.16 bits per heavy atom. The maximum atomic E-state index is 12.0. The fraction of sp³-hybridized carbons (Fsp3) is 0.235. The number of nitrogens with one attached hydrogen (secondary N) is 1. The molecule has 1 amide bonds. The van der Waals surface area contributed by atoms with Crippen LogP contribution in [0.25, 0.3) is 0 Å². The van der Waals surface area contributed by atoms with Gasteiger partial charge < -0.3 is 5.32 Å². The Hall–Kier alpha value is -2.74. The summed E-state index contributed by atoms with van der Waals surface area (Å²) in [5.41, 5.74) is 2.66. The highest BCUT2D eigenvalue weighted by atomic mass is 32.2. The molecule has 0 aliphatic heterocycles. The SMILES string of the molecule is Cc1cc(C)nc(Sc2ccc(NC(=O)CCn3cncn3)cc2)n1. The molecule has 0 radical (unpaired) electrons. The number of amides is 1. The zero-order chi connectivity index (χ0) is 17.6. The number of anilines is 1. The van der Waals surface area contributed by atoms with Crippen LogP contribution in [0.1, 0.15) is 17.8 Å². The van der Waals surface area contributed by atoms with E-state index in [-0.39, 0.29) is 5.91 Å². The number of carbonyl (C=O) groups is 1. The summed E-state index contributed by atoms with van der Waals surface area (Å²) in [5.74, 6) is -0.0615. The molecular weight excluding hydrogens is 336 g/mol. The highest BCUT2D eigenvalue weighted by Crippen LogP contribution is 2.26. The van der Waals surface area contributed by atoms with E-state index in [1.54, 1.807) is 11.0 Å². The average molecular weight is 354 g/mol. The fourth-order valence-electron chi connectivity index (χ4n) is 2.24. The number of aryl methyl sites for hydroxylation is 3. The Kier molecular flexibility index (Phi) is 5.39. The maximum Gasteiger partial charge on any atom is 0.226 e. The second kappa shape index (κ2) is 7.89. The molecular formula is C17H18N6OS. The van der Waals surface area contributed by atoms with Crippen molar-refractivity contribution in [2.45, 2.75) is 36.9 Å². The molecule has 1 N–H and O–H groups in total. The molecule has 2 aromatic heterocycles. The van der Waals surface area contributed by atoms with Gasteiger partial charge in [-0.1, -0.05) is 0 Å². The van der Waals surface area contributed by atoms with Crippen molar-refractivity contribution in [3.63, 3.8) is 0 Å². The van der Waals surface area contributed by atoms with Gasteiger partial charge in [-0.25, -0.2) is 15.0 Å². The van der Waals surface area contributed by atoms with Crippen molar-refractivity contribution in [2.24, 2.45) is 0 Å². The first-order valence-corrected chi connectivity index (χ1v) is 8.62. The van der Waals surface area contributed by atoms with Crippen LogP contribution in [0.15, 0.2) is 53.0 Å². The smallest absolute Gasteiger partial charge is 0.226 e. The molecule has 2 heterocycles. The molecule has 0 aliphatic rings. The minimum atomic E-state index is -0.0615. The van der Waals surface area contributed by atoms with Gasteiger partial charge in [0, 0.05) is 28.4 Å².